The Morgan fingerprint density at radius 3 is 2.92 bits per heavy atom. The molecule has 3 heterocycles. The van der Waals surface area contributed by atoms with Crippen LogP contribution >= 0.6 is 32.6 Å². The van der Waals surface area contributed by atoms with E-state index in [-0.39, 0.29) is 30.0 Å². The normalized spacial score (nSPS) is 22.9. The van der Waals surface area contributed by atoms with Gasteiger partial charge in [-0.25, -0.2) is 4.79 Å². The maximum atomic E-state index is 12.4. The van der Waals surface area contributed by atoms with E-state index in [9.17, 15) is 19.5 Å². The van der Waals surface area contributed by atoms with Crippen LogP contribution in [0.4, 0.5) is 0 Å². The molecule has 2 aliphatic rings. The molecule has 10 heteroatoms. The van der Waals surface area contributed by atoms with Gasteiger partial charge in [-0.05, 0) is 17.0 Å². The molecule has 1 fully saturated rings. The molecule has 1 saturated heterocycles. The summed E-state index contributed by atoms with van der Waals surface area (Å²) in [7, 11) is 2.07. The van der Waals surface area contributed by atoms with Crippen LogP contribution < -0.4 is 5.32 Å². The monoisotopic (exact) mass is 386 g/mol. The Bertz CT molecular complexity index is 706. The van der Waals surface area contributed by atoms with Crippen molar-refractivity contribution in [1.29, 1.82) is 0 Å². The van der Waals surface area contributed by atoms with Gasteiger partial charge in [0.15, 0.2) is 0 Å². The molecule has 0 aromatic carbocycles. The summed E-state index contributed by atoms with van der Waals surface area (Å²) < 4.78 is 4.93. The molecule has 2 aliphatic heterocycles. The molecule has 128 valence electrons. The van der Waals surface area contributed by atoms with Crippen molar-refractivity contribution in [2.24, 2.45) is 0 Å². The number of nitrogens with one attached hydrogen (secondary N) is 1. The van der Waals surface area contributed by atoms with Gasteiger partial charge in [-0.15, -0.1) is 23.1 Å². The topological polar surface area (TPSA) is 95.9 Å². The van der Waals surface area contributed by atoms with Crippen molar-refractivity contribution in [1.82, 2.24) is 10.2 Å². The van der Waals surface area contributed by atoms with Gasteiger partial charge in [-0.1, -0.05) is 6.07 Å². The average molecular weight is 386 g/mol. The van der Waals surface area contributed by atoms with Gasteiger partial charge < -0.3 is 14.9 Å². The smallest absolute Gasteiger partial charge is 0.352 e. The Morgan fingerprint density at radius 1 is 1.50 bits per heavy atom. The predicted octanol–water partition coefficient (Wildman–Crippen LogP) is 0.836. The summed E-state index contributed by atoms with van der Waals surface area (Å²) in [5.74, 6) is -1.35. The van der Waals surface area contributed by atoms with Crippen molar-refractivity contribution < 1.29 is 24.0 Å². The molecule has 1 aromatic heterocycles. The molecule has 1 aromatic rings. The fourth-order valence-electron chi connectivity index (χ4n) is 2.69. The number of hydrogen-bond donors (Lipinski definition) is 2. The average Bonchev–Trinajstić information content (AvgIpc) is 3.05. The second-order valence-electron chi connectivity index (χ2n) is 5.28. The highest BCUT2D eigenvalue weighted by molar-refractivity contribution is 8.00. The highest BCUT2D eigenvalue weighted by Crippen LogP contribution is 2.40. The first-order chi connectivity index (χ1) is 11.5. The summed E-state index contributed by atoms with van der Waals surface area (Å²) in [5, 5.41) is 13.6. The van der Waals surface area contributed by atoms with E-state index in [1.165, 1.54) is 28.0 Å². The quantitative estimate of drug-likeness (QED) is 0.556. The molecule has 0 radical (unpaired) electrons. The number of nitrogens with zero attached hydrogens (tertiary/aromatic N) is 1. The van der Waals surface area contributed by atoms with Gasteiger partial charge in [-0.2, -0.15) is 0 Å². The van der Waals surface area contributed by atoms with E-state index in [2.05, 4.69) is 14.8 Å². The molecule has 3 rings (SSSR count). The molecule has 2 amide bonds. The van der Waals surface area contributed by atoms with Gasteiger partial charge in [0.05, 0.1) is 13.0 Å². The van der Waals surface area contributed by atoms with Gasteiger partial charge in [0.25, 0.3) is 5.91 Å². The minimum atomic E-state index is -1.16. The number of hydrogen-bond acceptors (Lipinski definition) is 6. The number of rotatable bonds is 6. The third-order valence-electron chi connectivity index (χ3n) is 3.74. The zero-order valence-electron chi connectivity index (χ0n) is 12.4. The van der Waals surface area contributed by atoms with Crippen LogP contribution in [0.1, 0.15) is 4.88 Å². The Labute approximate surface area is 148 Å². The minimum absolute atomic E-state index is 0.0324. The van der Waals surface area contributed by atoms with E-state index in [4.69, 9.17) is 4.52 Å². The maximum absolute atomic E-state index is 12.4. The lowest BCUT2D eigenvalue weighted by Crippen LogP contribution is -2.70. The van der Waals surface area contributed by atoms with Crippen molar-refractivity contribution in [3.63, 3.8) is 0 Å². The second-order valence-corrected chi connectivity index (χ2v) is 7.75. The van der Waals surface area contributed by atoms with E-state index in [1.807, 2.05) is 17.5 Å². The standard InChI is InChI=1S/C14H15N2O5PS2/c17-9(4-8-2-1-3-23-8)15-10-12(18)16-11(14(19)20)7(5-21-22)6-24-13(10)16/h1-3,10,13H,4-6,22H2,(H,15,17)(H,19,20). The number of thioether (sulfide) groups is 1. The molecular weight excluding hydrogens is 371 g/mol. The zero-order chi connectivity index (χ0) is 17.3. The van der Waals surface area contributed by atoms with Crippen LogP contribution in [-0.2, 0) is 25.3 Å². The molecule has 0 spiro atoms. The summed E-state index contributed by atoms with van der Waals surface area (Å²) in [4.78, 5) is 38.1. The van der Waals surface area contributed by atoms with Crippen LogP contribution in [0.25, 0.3) is 0 Å². The van der Waals surface area contributed by atoms with Crippen molar-refractivity contribution in [2.45, 2.75) is 17.8 Å². The molecule has 2 N–H and O–H groups in total. The van der Waals surface area contributed by atoms with E-state index in [1.54, 1.807) is 0 Å². The van der Waals surface area contributed by atoms with Crippen LogP contribution in [0.2, 0.25) is 0 Å². The second kappa shape index (κ2) is 7.23. The van der Waals surface area contributed by atoms with Crippen molar-refractivity contribution >= 4 is 50.3 Å². The van der Waals surface area contributed by atoms with Gasteiger partial charge in [0.2, 0.25) is 5.91 Å². The molecule has 3 unspecified atom stereocenters. The largest absolute Gasteiger partial charge is 0.477 e. The number of carboxylic acids is 1. The van der Waals surface area contributed by atoms with Crippen LogP contribution in [0.5, 0.6) is 0 Å². The van der Waals surface area contributed by atoms with Crippen LogP contribution in [-0.4, -0.2) is 51.6 Å². The number of carbonyl (C=O) groups excluding carboxylic acids is 2. The predicted molar refractivity (Wildman–Crippen MR) is 93.4 cm³/mol. The lowest BCUT2D eigenvalue weighted by atomic mass is 10.0. The maximum Gasteiger partial charge on any atom is 0.352 e. The molecule has 24 heavy (non-hydrogen) atoms. The molecular formula is C14H15N2O5PS2. The van der Waals surface area contributed by atoms with Gasteiger partial charge >= 0.3 is 5.97 Å². The number of fused-ring (bicyclic) bond motifs is 1. The number of aliphatic carboxylic acids is 1. The highest BCUT2D eigenvalue weighted by atomic mass is 32.2. The summed E-state index contributed by atoms with van der Waals surface area (Å²) >= 11 is 2.90. The number of β-lactam (4-membered cyclic amide) rings is 1. The fourth-order valence-corrected chi connectivity index (χ4v) is 4.92. The van der Waals surface area contributed by atoms with E-state index >= 15 is 0 Å². The molecule has 0 aliphatic carbocycles. The Kier molecular flexibility index (Phi) is 5.24. The van der Waals surface area contributed by atoms with Gasteiger partial charge in [-0.3, -0.25) is 14.5 Å². The third kappa shape index (κ3) is 3.21. The highest BCUT2D eigenvalue weighted by Gasteiger charge is 2.54. The SMILES string of the molecule is O=C(Cc1cccs1)NC1C(=O)N2C(C(=O)O)=C(COP)CSC12. The Morgan fingerprint density at radius 2 is 2.29 bits per heavy atom. The van der Waals surface area contributed by atoms with Crippen LogP contribution in [0, 0.1) is 0 Å². The summed E-state index contributed by atoms with van der Waals surface area (Å²) in [6.07, 6.45) is 0.215. The van der Waals surface area contributed by atoms with Crippen LogP contribution in [0.3, 0.4) is 0 Å². The zero-order valence-corrected chi connectivity index (χ0v) is 15.2. The lowest BCUT2D eigenvalue weighted by Gasteiger charge is -2.49. The molecule has 0 bridgehead atoms. The van der Waals surface area contributed by atoms with E-state index in [0.29, 0.717) is 11.3 Å². The van der Waals surface area contributed by atoms with Crippen LogP contribution in [0.15, 0.2) is 28.8 Å². The summed E-state index contributed by atoms with van der Waals surface area (Å²) in [5.41, 5.74) is 0.519. The lowest BCUT2D eigenvalue weighted by molar-refractivity contribution is -0.150. The first-order valence-corrected chi connectivity index (χ1v) is 9.46. The Balaban J connectivity index is 1.70. The van der Waals surface area contributed by atoms with Crippen molar-refractivity contribution in [2.75, 3.05) is 12.4 Å². The third-order valence-corrected chi connectivity index (χ3v) is 6.12. The number of carboxylic acid groups (broad SMARTS) is 1. The van der Waals surface area contributed by atoms with Gasteiger partial charge in [0.1, 0.15) is 17.1 Å². The first kappa shape index (κ1) is 17.4. The number of thiophene rings is 1. The molecule has 7 nitrogen and oxygen atoms in total. The Hall–Kier alpha value is -1.41. The van der Waals surface area contributed by atoms with E-state index < -0.39 is 17.9 Å². The van der Waals surface area contributed by atoms with Crippen molar-refractivity contribution in [3.8, 4) is 0 Å². The van der Waals surface area contributed by atoms with Crippen molar-refractivity contribution in [3.05, 3.63) is 33.7 Å². The number of amides is 2. The minimum Gasteiger partial charge on any atom is -0.477 e. The first-order valence-electron chi connectivity index (χ1n) is 7.06. The number of carbonyl (C=O) groups is 3. The van der Waals surface area contributed by atoms with E-state index in [0.717, 1.165) is 4.88 Å². The fraction of sp³-hybridized carbons (Fsp3) is 0.357. The summed E-state index contributed by atoms with van der Waals surface area (Å²) in [6, 6.07) is 3.03. The molecule has 0 saturated carbocycles. The molecule has 3 atom stereocenters. The summed E-state index contributed by atoms with van der Waals surface area (Å²) in [6.45, 7) is 0.130. The van der Waals surface area contributed by atoms with Gasteiger partial charge in [0, 0.05) is 20.1 Å².